The summed E-state index contributed by atoms with van der Waals surface area (Å²) in [5.74, 6) is -0.276. The highest BCUT2D eigenvalue weighted by Gasteiger charge is 2.33. The molecule has 1 aliphatic rings. The van der Waals surface area contributed by atoms with E-state index in [-0.39, 0.29) is 24.3 Å². The molecule has 1 aromatic heterocycles. The normalized spacial score (nSPS) is 19.6. The number of likely N-dealkylation sites (N-methyl/N-ethyl adjacent to an activating group) is 1. The number of hydrogen-bond acceptors (Lipinski definition) is 3. The van der Waals surface area contributed by atoms with Crippen molar-refractivity contribution in [2.75, 3.05) is 20.1 Å². The Kier molecular flexibility index (Phi) is 5.12. The van der Waals surface area contributed by atoms with Gasteiger partial charge in [0.25, 0.3) is 5.91 Å². The van der Waals surface area contributed by atoms with Crippen LogP contribution in [0, 0.1) is 17.2 Å². The summed E-state index contributed by atoms with van der Waals surface area (Å²) in [4.78, 5) is 31.0. The lowest BCUT2D eigenvalue weighted by Crippen LogP contribution is -2.43. The zero-order chi connectivity index (χ0) is 19.0. The van der Waals surface area contributed by atoms with Crippen molar-refractivity contribution in [2.45, 2.75) is 19.4 Å². The quantitative estimate of drug-likeness (QED) is 0.869. The zero-order valence-electron chi connectivity index (χ0n) is 14.4. The van der Waals surface area contributed by atoms with Gasteiger partial charge in [0, 0.05) is 24.0 Å². The van der Waals surface area contributed by atoms with E-state index in [9.17, 15) is 14.9 Å². The molecule has 6 nitrogen and oxygen atoms in total. The first kappa shape index (κ1) is 18.6. The molecule has 136 valence electrons. The number of likely N-dealkylation sites (tertiary alicyclic amines) is 1. The summed E-state index contributed by atoms with van der Waals surface area (Å²) < 4.78 is 0. The number of carbonyl (C=O) groups is 2. The average Bonchev–Trinajstić information content (AvgIpc) is 3.17. The predicted octanol–water partition coefficient (Wildman–Crippen LogP) is 3.31. The van der Waals surface area contributed by atoms with Gasteiger partial charge >= 0.3 is 0 Å². The van der Waals surface area contributed by atoms with Gasteiger partial charge in [0.05, 0.1) is 23.2 Å². The Balaban J connectivity index is 1.75. The van der Waals surface area contributed by atoms with E-state index in [1.807, 2.05) is 6.92 Å². The molecule has 3 rings (SSSR count). The van der Waals surface area contributed by atoms with Gasteiger partial charge in [0.15, 0.2) is 0 Å². The van der Waals surface area contributed by atoms with Gasteiger partial charge in [0.2, 0.25) is 5.91 Å². The van der Waals surface area contributed by atoms with Crippen LogP contribution in [0.4, 0.5) is 0 Å². The topological polar surface area (TPSA) is 80.2 Å². The lowest BCUT2D eigenvalue weighted by atomic mass is 10.1. The molecule has 1 aromatic carbocycles. The third-order valence-electron chi connectivity index (χ3n) is 4.57. The minimum Gasteiger partial charge on any atom is -0.349 e. The Bertz CT molecular complexity index is 918. The van der Waals surface area contributed by atoms with Gasteiger partial charge in [-0.15, -0.1) is 0 Å². The summed E-state index contributed by atoms with van der Waals surface area (Å²) in [6.45, 7) is 2.46. The number of rotatable bonds is 3. The van der Waals surface area contributed by atoms with Crippen LogP contribution in [0.25, 0.3) is 10.9 Å². The minimum atomic E-state index is -0.421. The maximum atomic E-state index is 12.7. The van der Waals surface area contributed by atoms with Crippen molar-refractivity contribution in [2.24, 2.45) is 5.92 Å². The number of H-pyrrole nitrogens is 1. The molecule has 0 spiro atoms. The number of amides is 2. The highest BCUT2D eigenvalue weighted by molar-refractivity contribution is 6.38. The Morgan fingerprint density at radius 3 is 2.81 bits per heavy atom. The molecular formula is C18H18Cl2N4O2. The van der Waals surface area contributed by atoms with E-state index in [4.69, 9.17) is 23.2 Å². The Labute approximate surface area is 161 Å². The molecule has 0 bridgehead atoms. The Hall–Kier alpha value is -2.23. The molecule has 2 aromatic rings. The largest absolute Gasteiger partial charge is 0.349 e. The third kappa shape index (κ3) is 3.50. The van der Waals surface area contributed by atoms with Crippen LogP contribution in [0.2, 0.25) is 10.0 Å². The molecule has 0 aliphatic carbocycles. The summed E-state index contributed by atoms with van der Waals surface area (Å²) in [5.41, 5.74) is 0.947. The van der Waals surface area contributed by atoms with Gasteiger partial charge < -0.3 is 14.8 Å². The maximum absolute atomic E-state index is 12.7. The summed E-state index contributed by atoms with van der Waals surface area (Å²) in [6, 6.07) is 6.70. The number of aromatic amines is 1. The van der Waals surface area contributed by atoms with Crippen LogP contribution < -0.4 is 0 Å². The van der Waals surface area contributed by atoms with E-state index in [0.717, 1.165) is 5.39 Å². The van der Waals surface area contributed by atoms with Crippen LogP contribution >= 0.6 is 23.2 Å². The standard InChI is InChI=1S/C18H18Cl2N4O2/c1-10-3-13(7-21)24(8-10)16(25)9-23(2)18(26)15-5-11-4-12(19)6-14(20)17(11)22-15/h4-6,10,13,22H,3,8-9H2,1-2H3. The molecule has 2 atom stereocenters. The molecule has 2 heterocycles. The third-order valence-corrected chi connectivity index (χ3v) is 5.09. The molecule has 1 fully saturated rings. The van der Waals surface area contributed by atoms with Crippen molar-refractivity contribution >= 4 is 45.9 Å². The average molecular weight is 393 g/mol. The molecular weight excluding hydrogens is 375 g/mol. The number of aromatic nitrogens is 1. The van der Waals surface area contributed by atoms with Crippen molar-refractivity contribution < 1.29 is 9.59 Å². The highest BCUT2D eigenvalue weighted by Crippen LogP contribution is 2.28. The van der Waals surface area contributed by atoms with Gasteiger partial charge in [0.1, 0.15) is 11.7 Å². The summed E-state index contributed by atoms with van der Waals surface area (Å²) in [5, 5.41) is 10.8. The van der Waals surface area contributed by atoms with E-state index in [1.165, 1.54) is 4.90 Å². The van der Waals surface area contributed by atoms with Gasteiger partial charge in [-0.3, -0.25) is 9.59 Å². The van der Waals surface area contributed by atoms with E-state index in [0.29, 0.717) is 34.2 Å². The number of nitrogens with one attached hydrogen (secondary N) is 1. The second-order valence-corrected chi connectivity index (χ2v) is 7.57. The van der Waals surface area contributed by atoms with Gasteiger partial charge in [-0.2, -0.15) is 5.26 Å². The zero-order valence-corrected chi connectivity index (χ0v) is 15.9. The second kappa shape index (κ2) is 7.18. The first-order valence-electron chi connectivity index (χ1n) is 8.22. The molecule has 1 N–H and O–H groups in total. The molecule has 2 unspecified atom stereocenters. The number of carbonyl (C=O) groups excluding carboxylic acids is 2. The van der Waals surface area contributed by atoms with Crippen LogP contribution in [0.3, 0.4) is 0 Å². The maximum Gasteiger partial charge on any atom is 0.270 e. The van der Waals surface area contributed by atoms with Crippen molar-refractivity contribution in [3.63, 3.8) is 0 Å². The fourth-order valence-corrected chi connectivity index (χ4v) is 3.85. The lowest BCUT2D eigenvalue weighted by Gasteiger charge is -2.23. The summed E-state index contributed by atoms with van der Waals surface area (Å²) in [6.07, 6.45) is 0.668. The number of hydrogen-bond donors (Lipinski definition) is 1. The van der Waals surface area contributed by atoms with Crippen LogP contribution in [0.1, 0.15) is 23.8 Å². The number of nitriles is 1. The van der Waals surface area contributed by atoms with Crippen molar-refractivity contribution in [3.05, 3.63) is 33.9 Å². The van der Waals surface area contributed by atoms with Gasteiger partial charge in [-0.1, -0.05) is 30.1 Å². The number of fused-ring (bicyclic) bond motifs is 1. The second-order valence-electron chi connectivity index (χ2n) is 6.73. The van der Waals surface area contributed by atoms with Crippen LogP contribution in [-0.2, 0) is 4.79 Å². The first-order valence-corrected chi connectivity index (χ1v) is 8.98. The first-order chi connectivity index (χ1) is 12.3. The fourth-order valence-electron chi connectivity index (χ4n) is 3.30. The molecule has 2 amide bonds. The SMILES string of the molecule is CC1CC(C#N)N(C(=O)CN(C)C(=O)c2cc3cc(Cl)cc(Cl)c3[nH]2)C1. The number of benzene rings is 1. The minimum absolute atomic E-state index is 0.0897. The van der Waals surface area contributed by atoms with E-state index in [1.54, 1.807) is 30.1 Å². The van der Waals surface area contributed by atoms with E-state index >= 15 is 0 Å². The molecule has 0 radical (unpaired) electrons. The van der Waals surface area contributed by atoms with Gasteiger partial charge in [-0.25, -0.2) is 0 Å². The van der Waals surface area contributed by atoms with E-state index in [2.05, 4.69) is 11.1 Å². The van der Waals surface area contributed by atoms with Crippen molar-refractivity contribution in [1.29, 1.82) is 5.26 Å². The smallest absolute Gasteiger partial charge is 0.270 e. The van der Waals surface area contributed by atoms with E-state index < -0.39 is 6.04 Å². The monoisotopic (exact) mass is 392 g/mol. The molecule has 1 saturated heterocycles. The van der Waals surface area contributed by atoms with Crippen LogP contribution in [0.15, 0.2) is 18.2 Å². The molecule has 8 heteroatoms. The number of halogens is 2. The Morgan fingerprint density at radius 1 is 1.38 bits per heavy atom. The Morgan fingerprint density at radius 2 is 2.12 bits per heavy atom. The summed E-state index contributed by atoms with van der Waals surface area (Å²) in [7, 11) is 1.56. The van der Waals surface area contributed by atoms with Crippen molar-refractivity contribution in [3.8, 4) is 6.07 Å². The molecule has 26 heavy (non-hydrogen) atoms. The molecule has 1 aliphatic heterocycles. The highest BCUT2D eigenvalue weighted by atomic mass is 35.5. The van der Waals surface area contributed by atoms with Gasteiger partial charge in [-0.05, 0) is 30.5 Å². The fraction of sp³-hybridized carbons (Fsp3) is 0.389. The molecule has 0 saturated carbocycles. The summed E-state index contributed by atoms with van der Waals surface area (Å²) >= 11 is 12.1. The predicted molar refractivity (Wildman–Crippen MR) is 100 cm³/mol. The van der Waals surface area contributed by atoms with Crippen LogP contribution in [0.5, 0.6) is 0 Å². The van der Waals surface area contributed by atoms with Crippen LogP contribution in [-0.4, -0.2) is 52.8 Å². The number of nitrogens with zero attached hydrogens (tertiary/aromatic N) is 3. The lowest BCUT2D eigenvalue weighted by molar-refractivity contribution is -0.131. The van der Waals surface area contributed by atoms with Crippen molar-refractivity contribution in [1.82, 2.24) is 14.8 Å².